The second-order valence-corrected chi connectivity index (χ2v) is 10.4. The zero-order valence-electron chi connectivity index (χ0n) is 19.2. The van der Waals surface area contributed by atoms with E-state index in [9.17, 15) is 14.4 Å². The van der Waals surface area contributed by atoms with Gasteiger partial charge in [0.15, 0.2) is 0 Å². The molecule has 1 aromatic heterocycles. The van der Waals surface area contributed by atoms with Crippen LogP contribution >= 0.6 is 0 Å². The minimum atomic E-state index is -1.11. The number of rotatable bonds is 3. The Morgan fingerprint density at radius 1 is 1.19 bits per heavy atom. The Hall–Kier alpha value is -2.57. The molecule has 172 valence electrons. The Labute approximate surface area is 187 Å². The number of ether oxygens (including phenoxy) is 3. The van der Waals surface area contributed by atoms with Crippen LogP contribution in [0.3, 0.4) is 0 Å². The fourth-order valence-electron chi connectivity index (χ4n) is 7.14. The van der Waals surface area contributed by atoms with Crippen LogP contribution in [0.4, 0.5) is 0 Å². The topological polar surface area (TPSA) is 92.0 Å². The van der Waals surface area contributed by atoms with Crippen LogP contribution < -0.4 is 0 Å². The van der Waals surface area contributed by atoms with E-state index in [1.165, 1.54) is 0 Å². The molecule has 0 N–H and O–H groups in total. The van der Waals surface area contributed by atoms with Crippen molar-refractivity contribution in [1.82, 2.24) is 0 Å². The SMILES string of the molecule is CC=C(C)C(=O)O[C@H]1C[C@@]2(C)[C@@]3(CC[C@@]2(C)C(=O)O3)[C@@]2(C[C@H](c3ccoc3)OC2=O)[C@@H]1C. The summed E-state index contributed by atoms with van der Waals surface area (Å²) in [6.07, 6.45) is 5.83. The Kier molecular flexibility index (Phi) is 4.31. The fourth-order valence-corrected chi connectivity index (χ4v) is 7.14. The van der Waals surface area contributed by atoms with Crippen molar-refractivity contribution in [2.24, 2.45) is 22.2 Å². The molecule has 4 aliphatic rings. The van der Waals surface area contributed by atoms with E-state index in [0.29, 0.717) is 31.3 Å². The van der Waals surface area contributed by atoms with Gasteiger partial charge in [0.1, 0.15) is 23.2 Å². The van der Waals surface area contributed by atoms with Crippen molar-refractivity contribution in [2.45, 2.75) is 78.1 Å². The maximum Gasteiger partial charge on any atom is 0.333 e. The first kappa shape index (κ1) is 21.3. The average molecular weight is 443 g/mol. The maximum atomic E-state index is 13.8. The van der Waals surface area contributed by atoms with Crippen molar-refractivity contribution in [1.29, 1.82) is 0 Å². The summed E-state index contributed by atoms with van der Waals surface area (Å²) < 4.78 is 23.3. The van der Waals surface area contributed by atoms with E-state index in [0.717, 1.165) is 5.56 Å². The van der Waals surface area contributed by atoms with Crippen LogP contribution in [0.25, 0.3) is 0 Å². The third kappa shape index (κ3) is 2.20. The normalized spacial score (nSPS) is 45.0. The molecule has 2 aliphatic heterocycles. The smallest absolute Gasteiger partial charge is 0.333 e. The highest BCUT2D eigenvalue weighted by molar-refractivity contribution is 5.90. The van der Waals surface area contributed by atoms with Gasteiger partial charge in [0.2, 0.25) is 0 Å². The number of esters is 3. The molecule has 2 bridgehead atoms. The van der Waals surface area contributed by atoms with Gasteiger partial charge in [-0.2, -0.15) is 0 Å². The molecule has 2 saturated heterocycles. The van der Waals surface area contributed by atoms with E-state index in [4.69, 9.17) is 18.6 Å². The molecule has 2 saturated carbocycles. The zero-order valence-corrected chi connectivity index (χ0v) is 19.2. The highest BCUT2D eigenvalue weighted by atomic mass is 16.6. The summed E-state index contributed by atoms with van der Waals surface area (Å²) >= 11 is 0. The molecule has 32 heavy (non-hydrogen) atoms. The molecule has 2 aliphatic carbocycles. The minimum Gasteiger partial charge on any atom is -0.472 e. The highest BCUT2D eigenvalue weighted by Gasteiger charge is 2.86. The van der Waals surface area contributed by atoms with Crippen LogP contribution in [0, 0.1) is 22.2 Å². The van der Waals surface area contributed by atoms with Crippen LogP contribution in [-0.2, 0) is 28.6 Å². The van der Waals surface area contributed by atoms with Gasteiger partial charge in [-0.3, -0.25) is 9.59 Å². The lowest BCUT2D eigenvalue weighted by Crippen LogP contribution is -2.67. The van der Waals surface area contributed by atoms with Crippen LogP contribution in [0.1, 0.15) is 72.0 Å². The van der Waals surface area contributed by atoms with Gasteiger partial charge in [0.25, 0.3) is 0 Å². The van der Waals surface area contributed by atoms with Gasteiger partial charge in [-0.15, -0.1) is 0 Å². The summed E-state index contributed by atoms with van der Waals surface area (Å²) in [4.78, 5) is 39.7. The number of hydrogen-bond donors (Lipinski definition) is 0. The first-order valence-electron chi connectivity index (χ1n) is 11.4. The molecular formula is C25H30O7. The fraction of sp³-hybridized carbons (Fsp3) is 0.640. The van der Waals surface area contributed by atoms with Crippen LogP contribution in [0.5, 0.6) is 0 Å². The molecule has 7 nitrogen and oxygen atoms in total. The van der Waals surface area contributed by atoms with E-state index in [1.54, 1.807) is 38.5 Å². The Balaban J connectivity index is 1.65. The van der Waals surface area contributed by atoms with E-state index < -0.39 is 40.0 Å². The number of cyclic esters (lactones) is 1. The van der Waals surface area contributed by atoms with Crippen molar-refractivity contribution in [2.75, 3.05) is 0 Å². The van der Waals surface area contributed by atoms with Gasteiger partial charge < -0.3 is 18.6 Å². The number of carbonyl (C=O) groups is 3. The summed E-state index contributed by atoms with van der Waals surface area (Å²) in [7, 11) is 0. The number of carbonyl (C=O) groups excluding carboxylic acids is 3. The third-order valence-electron chi connectivity index (χ3n) is 9.52. The maximum absolute atomic E-state index is 13.8. The van der Waals surface area contributed by atoms with Crippen molar-refractivity contribution < 1.29 is 33.0 Å². The largest absolute Gasteiger partial charge is 0.472 e. The Morgan fingerprint density at radius 2 is 1.94 bits per heavy atom. The molecule has 4 fully saturated rings. The van der Waals surface area contributed by atoms with Gasteiger partial charge >= 0.3 is 17.9 Å². The predicted octanol–water partition coefficient (Wildman–Crippen LogP) is 4.27. The van der Waals surface area contributed by atoms with E-state index in [2.05, 4.69) is 0 Å². The summed E-state index contributed by atoms with van der Waals surface area (Å²) in [5.41, 5.74) is -2.22. The van der Waals surface area contributed by atoms with Gasteiger partial charge in [0, 0.05) is 28.9 Å². The first-order chi connectivity index (χ1) is 15.1. The zero-order chi connectivity index (χ0) is 23.1. The molecule has 7 heteroatoms. The number of allylic oxidation sites excluding steroid dienone is 1. The quantitative estimate of drug-likeness (QED) is 0.392. The molecule has 7 atom stereocenters. The number of furan rings is 1. The number of hydrogen-bond acceptors (Lipinski definition) is 7. The van der Waals surface area contributed by atoms with Crippen molar-refractivity contribution in [3.05, 3.63) is 35.8 Å². The van der Waals surface area contributed by atoms with Gasteiger partial charge in [-0.05, 0) is 46.1 Å². The summed E-state index contributed by atoms with van der Waals surface area (Å²) in [6.45, 7) is 9.38. The molecule has 1 spiro atoms. The predicted molar refractivity (Wildman–Crippen MR) is 112 cm³/mol. The van der Waals surface area contributed by atoms with Crippen LogP contribution in [0.2, 0.25) is 0 Å². The summed E-state index contributed by atoms with van der Waals surface area (Å²) in [6, 6.07) is 1.79. The first-order valence-corrected chi connectivity index (χ1v) is 11.4. The molecule has 5 rings (SSSR count). The second-order valence-electron chi connectivity index (χ2n) is 10.4. The van der Waals surface area contributed by atoms with E-state index in [-0.39, 0.29) is 17.9 Å². The monoisotopic (exact) mass is 442 g/mol. The standard InChI is InChI=1S/C25H30O7/c1-6-14(2)19(26)30-17-11-23(5)22(4)8-9-25(23,32-20(22)27)24(15(17)3)12-18(31-21(24)28)16-7-10-29-13-16/h6-7,10,13,15,17-18H,8-9,11-12H2,1-5H3/t15-,17+,18-,22+,23-,24+,25+/m1/s1. The molecule has 3 heterocycles. The lowest BCUT2D eigenvalue weighted by molar-refractivity contribution is -0.227. The average Bonchev–Trinajstić information content (AvgIpc) is 3.48. The van der Waals surface area contributed by atoms with Crippen molar-refractivity contribution >= 4 is 17.9 Å². The van der Waals surface area contributed by atoms with Crippen molar-refractivity contribution in [3.63, 3.8) is 0 Å². The van der Waals surface area contributed by atoms with Crippen molar-refractivity contribution in [3.8, 4) is 0 Å². The summed E-state index contributed by atoms with van der Waals surface area (Å²) in [5.74, 6) is -1.44. The molecule has 0 radical (unpaired) electrons. The molecule has 1 aromatic rings. The lowest BCUT2D eigenvalue weighted by atomic mass is 9.45. The van der Waals surface area contributed by atoms with E-state index >= 15 is 0 Å². The second kappa shape index (κ2) is 6.49. The molecule has 0 aromatic carbocycles. The minimum absolute atomic E-state index is 0.269. The van der Waals surface area contributed by atoms with Crippen LogP contribution in [-0.4, -0.2) is 29.6 Å². The van der Waals surface area contributed by atoms with Crippen LogP contribution in [0.15, 0.2) is 34.7 Å². The molecule has 0 amide bonds. The van der Waals surface area contributed by atoms with Gasteiger partial charge in [0.05, 0.1) is 17.9 Å². The Morgan fingerprint density at radius 3 is 2.56 bits per heavy atom. The Bertz CT molecular complexity index is 1030. The van der Waals surface area contributed by atoms with Gasteiger partial charge in [-0.1, -0.05) is 19.9 Å². The summed E-state index contributed by atoms with van der Waals surface area (Å²) in [5, 5.41) is 0. The lowest BCUT2D eigenvalue weighted by Gasteiger charge is -2.57. The highest BCUT2D eigenvalue weighted by Crippen LogP contribution is 2.78. The van der Waals surface area contributed by atoms with Gasteiger partial charge in [-0.25, -0.2) is 4.79 Å². The molecular weight excluding hydrogens is 412 g/mol. The third-order valence-corrected chi connectivity index (χ3v) is 9.52. The molecule has 0 unspecified atom stereocenters. The van der Waals surface area contributed by atoms with E-state index in [1.807, 2.05) is 20.8 Å².